The number of benzene rings is 2. The third-order valence-electron chi connectivity index (χ3n) is 4.82. The van der Waals surface area contributed by atoms with Crippen molar-refractivity contribution in [2.24, 2.45) is 0 Å². The van der Waals surface area contributed by atoms with Crippen molar-refractivity contribution < 1.29 is 28.5 Å². The van der Waals surface area contributed by atoms with Crippen molar-refractivity contribution >= 4 is 17.9 Å². The predicted octanol–water partition coefficient (Wildman–Crippen LogP) is 3.52. The maximum atomic E-state index is 11.8. The number of fused-ring (bicyclic) bond motifs is 3. The van der Waals surface area contributed by atoms with Gasteiger partial charge in [0.05, 0.1) is 6.61 Å². The summed E-state index contributed by atoms with van der Waals surface area (Å²) in [6.07, 6.45) is -3.02. The van der Waals surface area contributed by atoms with Crippen LogP contribution in [0.2, 0.25) is 0 Å². The lowest BCUT2D eigenvalue weighted by Gasteiger charge is -2.45. The van der Waals surface area contributed by atoms with Crippen LogP contribution in [0.15, 0.2) is 65.6 Å². The fourth-order valence-corrected chi connectivity index (χ4v) is 4.69. The average Bonchev–Trinajstić information content (AvgIpc) is 3.11. The molecule has 5 rings (SSSR count). The van der Waals surface area contributed by atoms with Gasteiger partial charge < -0.3 is 23.7 Å². The first-order chi connectivity index (χ1) is 13.3. The molecule has 3 heterocycles. The smallest absolute Gasteiger partial charge is 0.424 e. The zero-order valence-electron chi connectivity index (χ0n) is 14.3. The fourth-order valence-electron chi connectivity index (χ4n) is 3.56. The molecule has 0 spiro atoms. The first kappa shape index (κ1) is 17.1. The van der Waals surface area contributed by atoms with E-state index < -0.39 is 30.8 Å². The molecular formula is C20H18O6S. The van der Waals surface area contributed by atoms with Gasteiger partial charge in [-0.2, -0.15) is 0 Å². The Balaban J connectivity index is 1.37. The first-order valence-corrected chi connectivity index (χ1v) is 9.72. The van der Waals surface area contributed by atoms with Gasteiger partial charge in [0, 0.05) is 10.5 Å². The Morgan fingerprint density at radius 3 is 2.30 bits per heavy atom. The van der Waals surface area contributed by atoms with E-state index in [0.29, 0.717) is 6.61 Å². The highest BCUT2D eigenvalue weighted by molar-refractivity contribution is 7.99. The maximum absolute atomic E-state index is 11.8. The van der Waals surface area contributed by atoms with E-state index in [1.807, 2.05) is 60.7 Å². The second-order valence-corrected chi connectivity index (χ2v) is 7.74. The van der Waals surface area contributed by atoms with Crippen LogP contribution in [0.5, 0.6) is 0 Å². The molecule has 27 heavy (non-hydrogen) atoms. The summed E-state index contributed by atoms with van der Waals surface area (Å²) in [5.74, 6) is 0. The van der Waals surface area contributed by atoms with Crippen molar-refractivity contribution in [3.8, 4) is 0 Å². The van der Waals surface area contributed by atoms with Crippen LogP contribution >= 0.6 is 11.8 Å². The van der Waals surface area contributed by atoms with Crippen LogP contribution in [-0.4, -0.2) is 42.6 Å². The van der Waals surface area contributed by atoms with Gasteiger partial charge in [-0.3, -0.25) is 0 Å². The number of rotatable bonds is 3. The number of hydrogen-bond donors (Lipinski definition) is 0. The molecule has 6 nitrogen and oxygen atoms in total. The SMILES string of the molecule is O=C1OC2[C@@H](O1)[C@H]1OC(c3ccccc3)OCC1O[C@H]2Sc1ccccc1. The largest absolute Gasteiger partial charge is 0.509 e. The van der Waals surface area contributed by atoms with Gasteiger partial charge in [0.1, 0.15) is 17.6 Å². The summed E-state index contributed by atoms with van der Waals surface area (Å²) >= 11 is 1.51. The van der Waals surface area contributed by atoms with Crippen LogP contribution in [0, 0.1) is 0 Å². The molecule has 0 bridgehead atoms. The molecule has 7 heteroatoms. The minimum absolute atomic E-state index is 0.332. The van der Waals surface area contributed by atoms with E-state index in [0.717, 1.165) is 10.5 Å². The van der Waals surface area contributed by atoms with E-state index in [9.17, 15) is 4.79 Å². The fraction of sp³-hybridized carbons (Fsp3) is 0.350. The molecule has 3 saturated heterocycles. The van der Waals surface area contributed by atoms with Crippen LogP contribution in [0.3, 0.4) is 0 Å². The molecule has 0 saturated carbocycles. The normalized spacial score (nSPS) is 34.9. The summed E-state index contributed by atoms with van der Waals surface area (Å²) in [7, 11) is 0. The van der Waals surface area contributed by atoms with Gasteiger partial charge in [-0.25, -0.2) is 4.79 Å². The Kier molecular flexibility index (Phi) is 4.53. The zero-order valence-corrected chi connectivity index (χ0v) is 15.1. The van der Waals surface area contributed by atoms with E-state index in [-0.39, 0.29) is 11.5 Å². The average molecular weight is 386 g/mol. The molecule has 140 valence electrons. The summed E-state index contributed by atoms with van der Waals surface area (Å²) in [5, 5.41) is 0. The van der Waals surface area contributed by atoms with E-state index in [4.69, 9.17) is 23.7 Å². The Bertz CT molecular complexity index is 801. The van der Waals surface area contributed by atoms with Gasteiger partial charge in [-0.15, -0.1) is 0 Å². The van der Waals surface area contributed by atoms with E-state index in [2.05, 4.69) is 0 Å². The lowest BCUT2D eigenvalue weighted by atomic mass is 9.99. The summed E-state index contributed by atoms with van der Waals surface area (Å²) in [5.41, 5.74) is 0.532. The Morgan fingerprint density at radius 1 is 0.815 bits per heavy atom. The van der Waals surface area contributed by atoms with Crippen LogP contribution in [0.4, 0.5) is 4.79 Å². The van der Waals surface area contributed by atoms with Gasteiger partial charge in [-0.05, 0) is 12.1 Å². The van der Waals surface area contributed by atoms with Crippen molar-refractivity contribution in [2.45, 2.75) is 41.0 Å². The monoisotopic (exact) mass is 386 g/mol. The lowest BCUT2D eigenvalue weighted by molar-refractivity contribution is -0.305. The molecule has 6 atom stereocenters. The Morgan fingerprint density at radius 2 is 1.52 bits per heavy atom. The highest BCUT2D eigenvalue weighted by Gasteiger charge is 2.57. The van der Waals surface area contributed by atoms with E-state index in [1.54, 1.807) is 0 Å². The van der Waals surface area contributed by atoms with Crippen molar-refractivity contribution in [3.05, 3.63) is 66.2 Å². The number of thioether (sulfide) groups is 1. The molecule has 0 N–H and O–H groups in total. The summed E-state index contributed by atoms with van der Waals surface area (Å²) in [4.78, 5) is 12.9. The molecule has 0 aromatic heterocycles. The minimum Gasteiger partial charge on any atom is -0.424 e. The van der Waals surface area contributed by atoms with Gasteiger partial charge in [0.2, 0.25) is 0 Å². The molecule has 2 aromatic rings. The lowest BCUT2D eigenvalue weighted by Crippen LogP contribution is -2.59. The molecule has 0 radical (unpaired) electrons. The second-order valence-electron chi connectivity index (χ2n) is 6.57. The summed E-state index contributed by atoms with van der Waals surface area (Å²) < 4.78 is 29.1. The van der Waals surface area contributed by atoms with E-state index in [1.165, 1.54) is 11.8 Å². The highest BCUT2D eigenvalue weighted by Crippen LogP contribution is 2.43. The van der Waals surface area contributed by atoms with Crippen molar-refractivity contribution in [1.82, 2.24) is 0 Å². The molecule has 2 aromatic carbocycles. The van der Waals surface area contributed by atoms with Crippen LogP contribution in [0.1, 0.15) is 11.9 Å². The van der Waals surface area contributed by atoms with Crippen molar-refractivity contribution in [3.63, 3.8) is 0 Å². The van der Waals surface area contributed by atoms with Crippen molar-refractivity contribution in [1.29, 1.82) is 0 Å². The number of ether oxygens (including phenoxy) is 5. The molecule has 0 amide bonds. The topological polar surface area (TPSA) is 63.2 Å². The molecule has 3 aliphatic rings. The van der Waals surface area contributed by atoms with E-state index >= 15 is 0 Å². The zero-order chi connectivity index (χ0) is 18.2. The maximum Gasteiger partial charge on any atom is 0.509 e. The van der Waals surface area contributed by atoms with Gasteiger partial charge >= 0.3 is 6.16 Å². The Hall–Kier alpha value is -2.06. The second kappa shape index (κ2) is 7.16. The van der Waals surface area contributed by atoms with Crippen LogP contribution in [0.25, 0.3) is 0 Å². The molecule has 3 unspecified atom stereocenters. The minimum atomic E-state index is -0.681. The molecular weight excluding hydrogens is 368 g/mol. The summed E-state index contributed by atoms with van der Waals surface area (Å²) in [6.45, 7) is 0.358. The first-order valence-electron chi connectivity index (χ1n) is 8.84. The number of carbonyl (C=O) groups excluding carboxylic acids is 1. The van der Waals surface area contributed by atoms with Crippen molar-refractivity contribution in [2.75, 3.05) is 6.61 Å². The molecule has 3 aliphatic heterocycles. The Labute approximate surface area is 160 Å². The third-order valence-corrected chi connectivity index (χ3v) is 5.97. The van der Waals surface area contributed by atoms with Gasteiger partial charge in [-0.1, -0.05) is 60.3 Å². The predicted molar refractivity (Wildman–Crippen MR) is 96.1 cm³/mol. The standard InChI is InChI=1S/C20H18O6S/c21-20-25-16-15-14(11-22-18(24-15)12-7-3-1-4-8-12)23-19(17(16)26-20)27-13-9-5-2-6-10-13/h1-10,14-19H,11H2/t14?,15-,16-,17?,18?,19-/m0/s1. The number of carbonyl (C=O) groups is 1. The summed E-state index contributed by atoms with van der Waals surface area (Å²) in [6, 6.07) is 19.5. The molecule has 0 aliphatic carbocycles. The van der Waals surface area contributed by atoms with Crippen LogP contribution < -0.4 is 0 Å². The van der Waals surface area contributed by atoms with Gasteiger partial charge in [0.15, 0.2) is 18.5 Å². The third kappa shape index (κ3) is 3.32. The van der Waals surface area contributed by atoms with Gasteiger partial charge in [0.25, 0.3) is 0 Å². The van der Waals surface area contributed by atoms with Crippen LogP contribution in [-0.2, 0) is 23.7 Å². The highest BCUT2D eigenvalue weighted by atomic mass is 32.2. The molecule has 3 fully saturated rings. The number of hydrogen-bond acceptors (Lipinski definition) is 7. The quantitative estimate of drug-likeness (QED) is 0.748.